The van der Waals surface area contributed by atoms with Gasteiger partial charge < -0.3 is 10.6 Å². The molecule has 2 rings (SSSR count). The summed E-state index contributed by atoms with van der Waals surface area (Å²) in [6.07, 6.45) is 0. The number of hydrogen-bond donors (Lipinski definition) is 2. The number of para-hydroxylation sites is 1. The number of carbonyl (C=O) groups excluding carboxylic acids is 1. The fourth-order valence-electron chi connectivity index (χ4n) is 2.13. The van der Waals surface area contributed by atoms with Crippen molar-refractivity contribution in [3.63, 3.8) is 0 Å². The Morgan fingerprint density at radius 3 is 2.32 bits per heavy atom. The van der Waals surface area contributed by atoms with Gasteiger partial charge in [-0.05, 0) is 43.5 Å². The first-order valence-corrected chi connectivity index (χ1v) is 7.48. The van der Waals surface area contributed by atoms with Crippen LogP contribution >= 0.6 is 0 Å². The van der Waals surface area contributed by atoms with Crippen LogP contribution in [-0.2, 0) is 0 Å². The van der Waals surface area contributed by atoms with Crippen molar-refractivity contribution in [1.29, 1.82) is 0 Å². The maximum absolute atomic E-state index is 12.3. The molecule has 0 unspecified atom stereocenters. The monoisotopic (exact) mass is 298 g/mol. The second kappa shape index (κ2) is 7.02. The van der Waals surface area contributed by atoms with Crippen LogP contribution in [0.5, 0.6) is 0 Å². The summed E-state index contributed by atoms with van der Waals surface area (Å²) in [7, 11) is 0. The van der Waals surface area contributed by atoms with Gasteiger partial charge in [0.25, 0.3) is 5.91 Å². The number of carbonyl (C=O) groups is 1. The third-order valence-corrected chi connectivity index (χ3v) is 3.16. The standard InChI is InChI=1S/C17H22N4O/c1-11(2)13-7-5-6-8-14(13)19-17(22)15-9-10-16(21-20-15)18-12(3)4/h5-12H,1-4H3,(H,18,21)(H,19,22). The van der Waals surface area contributed by atoms with E-state index >= 15 is 0 Å². The average molecular weight is 298 g/mol. The molecular weight excluding hydrogens is 276 g/mol. The van der Waals surface area contributed by atoms with Crippen LogP contribution in [0.2, 0.25) is 0 Å². The van der Waals surface area contributed by atoms with Gasteiger partial charge in [0.05, 0.1) is 0 Å². The molecule has 1 amide bonds. The molecule has 1 heterocycles. The summed E-state index contributed by atoms with van der Waals surface area (Å²) in [6.45, 7) is 8.23. The van der Waals surface area contributed by atoms with Gasteiger partial charge >= 0.3 is 0 Å². The summed E-state index contributed by atoms with van der Waals surface area (Å²) in [6, 6.07) is 11.5. The van der Waals surface area contributed by atoms with Gasteiger partial charge in [0, 0.05) is 11.7 Å². The lowest BCUT2D eigenvalue weighted by Gasteiger charge is -2.13. The first-order valence-electron chi connectivity index (χ1n) is 7.48. The first kappa shape index (κ1) is 15.9. The summed E-state index contributed by atoms with van der Waals surface area (Å²) in [5, 5.41) is 14.0. The Morgan fingerprint density at radius 1 is 1.00 bits per heavy atom. The van der Waals surface area contributed by atoms with Crippen LogP contribution in [-0.4, -0.2) is 22.1 Å². The number of nitrogens with one attached hydrogen (secondary N) is 2. The molecule has 0 bridgehead atoms. The molecule has 0 atom stereocenters. The minimum absolute atomic E-state index is 0.253. The summed E-state index contributed by atoms with van der Waals surface area (Å²) in [5.41, 5.74) is 2.21. The summed E-state index contributed by atoms with van der Waals surface area (Å²) < 4.78 is 0. The van der Waals surface area contributed by atoms with Crippen molar-refractivity contribution in [2.24, 2.45) is 0 Å². The Bertz CT molecular complexity index is 635. The van der Waals surface area contributed by atoms with E-state index in [1.807, 2.05) is 38.1 Å². The quantitative estimate of drug-likeness (QED) is 0.883. The predicted molar refractivity (Wildman–Crippen MR) is 89.3 cm³/mol. The normalized spacial score (nSPS) is 10.8. The van der Waals surface area contributed by atoms with Gasteiger partial charge in [0.15, 0.2) is 5.69 Å². The number of anilines is 2. The molecule has 0 spiro atoms. The Kier molecular flexibility index (Phi) is 5.09. The molecule has 5 heteroatoms. The number of hydrogen-bond acceptors (Lipinski definition) is 4. The molecule has 1 aromatic heterocycles. The van der Waals surface area contributed by atoms with Gasteiger partial charge in [-0.25, -0.2) is 0 Å². The van der Waals surface area contributed by atoms with Crippen molar-refractivity contribution < 1.29 is 4.79 Å². The fraction of sp³-hybridized carbons (Fsp3) is 0.353. The Hall–Kier alpha value is -2.43. The van der Waals surface area contributed by atoms with Crippen molar-refractivity contribution in [1.82, 2.24) is 10.2 Å². The zero-order valence-electron chi connectivity index (χ0n) is 13.4. The molecule has 0 aliphatic rings. The SMILES string of the molecule is CC(C)Nc1ccc(C(=O)Nc2ccccc2C(C)C)nn1. The molecule has 1 aromatic carbocycles. The van der Waals surface area contributed by atoms with Crippen molar-refractivity contribution in [2.45, 2.75) is 39.7 Å². The zero-order chi connectivity index (χ0) is 16.1. The predicted octanol–water partition coefficient (Wildman–Crippen LogP) is 3.67. The van der Waals surface area contributed by atoms with Crippen LogP contribution in [0.15, 0.2) is 36.4 Å². The lowest BCUT2D eigenvalue weighted by molar-refractivity contribution is 0.102. The largest absolute Gasteiger partial charge is 0.366 e. The van der Waals surface area contributed by atoms with Crippen LogP contribution in [0, 0.1) is 0 Å². The molecule has 0 saturated carbocycles. The van der Waals surface area contributed by atoms with Crippen molar-refractivity contribution in [3.8, 4) is 0 Å². The first-order chi connectivity index (χ1) is 10.5. The fourth-order valence-corrected chi connectivity index (χ4v) is 2.13. The lowest BCUT2D eigenvalue weighted by Crippen LogP contribution is -2.17. The maximum atomic E-state index is 12.3. The van der Waals surface area contributed by atoms with Crippen LogP contribution < -0.4 is 10.6 Å². The smallest absolute Gasteiger partial charge is 0.276 e. The van der Waals surface area contributed by atoms with E-state index in [-0.39, 0.29) is 11.9 Å². The van der Waals surface area contributed by atoms with Crippen LogP contribution in [0.25, 0.3) is 0 Å². The number of benzene rings is 1. The number of amides is 1. The van der Waals surface area contributed by atoms with Gasteiger partial charge in [0.1, 0.15) is 5.82 Å². The van der Waals surface area contributed by atoms with Crippen LogP contribution in [0.4, 0.5) is 11.5 Å². The molecule has 2 aromatic rings. The topological polar surface area (TPSA) is 66.9 Å². The highest BCUT2D eigenvalue weighted by atomic mass is 16.1. The number of rotatable bonds is 5. The second-order valence-electron chi connectivity index (χ2n) is 5.80. The Morgan fingerprint density at radius 2 is 1.73 bits per heavy atom. The van der Waals surface area contributed by atoms with E-state index in [1.54, 1.807) is 12.1 Å². The second-order valence-corrected chi connectivity index (χ2v) is 5.80. The summed E-state index contributed by atoms with van der Waals surface area (Å²) in [4.78, 5) is 12.3. The highest BCUT2D eigenvalue weighted by Crippen LogP contribution is 2.24. The van der Waals surface area contributed by atoms with Gasteiger partial charge in [-0.3, -0.25) is 4.79 Å². The van der Waals surface area contributed by atoms with Crippen LogP contribution in [0.3, 0.4) is 0 Å². The molecule has 0 fully saturated rings. The third-order valence-electron chi connectivity index (χ3n) is 3.16. The van der Waals surface area contributed by atoms with E-state index in [0.29, 0.717) is 17.4 Å². The van der Waals surface area contributed by atoms with E-state index in [1.165, 1.54) is 0 Å². The molecule has 0 aliphatic carbocycles. The summed E-state index contributed by atoms with van der Waals surface area (Å²) in [5.74, 6) is 0.742. The minimum Gasteiger partial charge on any atom is -0.366 e. The zero-order valence-corrected chi connectivity index (χ0v) is 13.4. The van der Waals surface area contributed by atoms with Crippen molar-refractivity contribution in [2.75, 3.05) is 10.6 Å². The van der Waals surface area contributed by atoms with E-state index in [9.17, 15) is 4.79 Å². The molecule has 22 heavy (non-hydrogen) atoms. The average Bonchev–Trinajstić information content (AvgIpc) is 2.47. The Balaban J connectivity index is 2.13. The van der Waals surface area contributed by atoms with Gasteiger partial charge in [-0.1, -0.05) is 32.0 Å². The van der Waals surface area contributed by atoms with E-state index < -0.39 is 0 Å². The van der Waals surface area contributed by atoms with E-state index in [4.69, 9.17) is 0 Å². The number of aromatic nitrogens is 2. The van der Waals surface area contributed by atoms with E-state index in [2.05, 4.69) is 34.7 Å². The highest BCUT2D eigenvalue weighted by Gasteiger charge is 2.12. The highest BCUT2D eigenvalue weighted by molar-refractivity contribution is 6.03. The van der Waals surface area contributed by atoms with Crippen molar-refractivity contribution in [3.05, 3.63) is 47.7 Å². The number of nitrogens with zero attached hydrogens (tertiary/aromatic N) is 2. The van der Waals surface area contributed by atoms with E-state index in [0.717, 1.165) is 11.3 Å². The molecule has 5 nitrogen and oxygen atoms in total. The molecular formula is C17H22N4O. The van der Waals surface area contributed by atoms with Crippen molar-refractivity contribution >= 4 is 17.4 Å². The maximum Gasteiger partial charge on any atom is 0.276 e. The molecule has 0 saturated heterocycles. The third kappa shape index (κ3) is 4.04. The summed E-state index contributed by atoms with van der Waals surface area (Å²) >= 11 is 0. The Labute approximate surface area is 131 Å². The van der Waals surface area contributed by atoms with Gasteiger partial charge in [-0.2, -0.15) is 0 Å². The molecule has 0 radical (unpaired) electrons. The minimum atomic E-state index is -0.253. The lowest BCUT2D eigenvalue weighted by atomic mass is 10.0. The molecule has 116 valence electrons. The molecule has 0 aliphatic heterocycles. The van der Waals surface area contributed by atoms with Gasteiger partial charge in [-0.15, -0.1) is 10.2 Å². The van der Waals surface area contributed by atoms with Gasteiger partial charge in [0.2, 0.25) is 0 Å². The van der Waals surface area contributed by atoms with Crippen LogP contribution in [0.1, 0.15) is 49.7 Å². The molecule has 2 N–H and O–H groups in total.